The summed E-state index contributed by atoms with van der Waals surface area (Å²) in [6.07, 6.45) is 2.52. The van der Waals surface area contributed by atoms with Crippen molar-refractivity contribution in [1.82, 2.24) is 0 Å². The van der Waals surface area contributed by atoms with Gasteiger partial charge in [-0.25, -0.2) is 4.39 Å². The van der Waals surface area contributed by atoms with Gasteiger partial charge in [-0.2, -0.15) is 0 Å². The zero-order valence-electron chi connectivity index (χ0n) is 11.5. The summed E-state index contributed by atoms with van der Waals surface area (Å²) >= 11 is 0. The maximum Gasteiger partial charge on any atom is 0.146 e. The molecule has 0 radical (unpaired) electrons. The number of rotatable bonds is 4. The van der Waals surface area contributed by atoms with E-state index >= 15 is 0 Å². The molecule has 0 atom stereocenters. The van der Waals surface area contributed by atoms with Crippen LogP contribution in [0.25, 0.3) is 0 Å². The Morgan fingerprint density at radius 1 is 0.950 bits per heavy atom. The van der Waals surface area contributed by atoms with Crippen molar-refractivity contribution in [2.24, 2.45) is 0 Å². The standard InChI is InChI=1S/C17H19FN2/c18-15-8-2-3-9-16(15)19-13-14-7-1-4-10-17(14)20-11-5-6-12-20/h1-4,7-10,19H,5-6,11-13H2. The summed E-state index contributed by atoms with van der Waals surface area (Å²) in [5, 5.41) is 3.19. The van der Waals surface area contributed by atoms with Crippen LogP contribution in [-0.2, 0) is 6.54 Å². The first-order valence-corrected chi connectivity index (χ1v) is 7.16. The highest BCUT2D eigenvalue weighted by Crippen LogP contribution is 2.25. The second-order valence-corrected chi connectivity index (χ2v) is 5.16. The summed E-state index contributed by atoms with van der Waals surface area (Å²) in [4.78, 5) is 2.42. The summed E-state index contributed by atoms with van der Waals surface area (Å²) in [5.74, 6) is -0.203. The Balaban J connectivity index is 1.76. The van der Waals surface area contributed by atoms with Gasteiger partial charge in [0.25, 0.3) is 0 Å². The molecule has 3 rings (SSSR count). The van der Waals surface area contributed by atoms with E-state index in [1.807, 2.05) is 12.1 Å². The second kappa shape index (κ2) is 5.95. The van der Waals surface area contributed by atoms with Gasteiger partial charge in [-0.3, -0.25) is 0 Å². The highest BCUT2D eigenvalue weighted by Gasteiger charge is 2.15. The first kappa shape index (κ1) is 13.0. The van der Waals surface area contributed by atoms with E-state index in [1.54, 1.807) is 12.1 Å². The molecule has 1 aliphatic heterocycles. The van der Waals surface area contributed by atoms with Gasteiger partial charge >= 0.3 is 0 Å². The van der Waals surface area contributed by atoms with E-state index in [4.69, 9.17) is 0 Å². The molecule has 1 aliphatic rings. The normalized spacial score (nSPS) is 14.6. The maximum atomic E-state index is 13.6. The van der Waals surface area contributed by atoms with Crippen LogP contribution in [-0.4, -0.2) is 13.1 Å². The minimum absolute atomic E-state index is 0.203. The van der Waals surface area contributed by atoms with Gasteiger partial charge in [-0.15, -0.1) is 0 Å². The molecule has 0 aliphatic carbocycles. The van der Waals surface area contributed by atoms with Gasteiger partial charge in [-0.05, 0) is 36.6 Å². The van der Waals surface area contributed by atoms with Crippen molar-refractivity contribution < 1.29 is 4.39 Å². The van der Waals surface area contributed by atoms with E-state index in [0.717, 1.165) is 13.1 Å². The average Bonchev–Trinajstić information content (AvgIpc) is 3.01. The lowest BCUT2D eigenvalue weighted by Gasteiger charge is -2.21. The van der Waals surface area contributed by atoms with Crippen molar-refractivity contribution in [2.45, 2.75) is 19.4 Å². The topological polar surface area (TPSA) is 15.3 Å². The van der Waals surface area contributed by atoms with E-state index in [1.165, 1.54) is 30.2 Å². The molecule has 2 nitrogen and oxygen atoms in total. The van der Waals surface area contributed by atoms with Crippen LogP contribution in [0.1, 0.15) is 18.4 Å². The van der Waals surface area contributed by atoms with Crippen molar-refractivity contribution in [3.8, 4) is 0 Å². The van der Waals surface area contributed by atoms with Gasteiger partial charge in [0, 0.05) is 25.3 Å². The van der Waals surface area contributed by atoms with E-state index in [0.29, 0.717) is 12.2 Å². The molecular weight excluding hydrogens is 251 g/mol. The number of para-hydroxylation sites is 2. The number of benzene rings is 2. The molecule has 3 heteroatoms. The average molecular weight is 270 g/mol. The van der Waals surface area contributed by atoms with E-state index in [9.17, 15) is 4.39 Å². The molecule has 0 bridgehead atoms. The first-order valence-electron chi connectivity index (χ1n) is 7.16. The largest absolute Gasteiger partial charge is 0.379 e. The molecule has 1 fully saturated rings. The third kappa shape index (κ3) is 2.77. The van der Waals surface area contributed by atoms with Crippen molar-refractivity contribution in [3.63, 3.8) is 0 Å². The van der Waals surface area contributed by atoms with Crippen LogP contribution >= 0.6 is 0 Å². The molecule has 1 saturated heterocycles. The van der Waals surface area contributed by atoms with Gasteiger partial charge in [-0.1, -0.05) is 30.3 Å². The number of hydrogen-bond donors (Lipinski definition) is 1. The fraction of sp³-hybridized carbons (Fsp3) is 0.294. The molecule has 1 N–H and O–H groups in total. The Kier molecular flexibility index (Phi) is 3.86. The van der Waals surface area contributed by atoms with Crippen LogP contribution < -0.4 is 10.2 Å². The van der Waals surface area contributed by atoms with Crippen LogP contribution in [0, 0.1) is 5.82 Å². The van der Waals surface area contributed by atoms with Crippen molar-refractivity contribution in [1.29, 1.82) is 0 Å². The number of halogens is 1. The van der Waals surface area contributed by atoms with Crippen LogP contribution in [0.4, 0.5) is 15.8 Å². The zero-order chi connectivity index (χ0) is 13.8. The molecule has 20 heavy (non-hydrogen) atoms. The number of hydrogen-bond acceptors (Lipinski definition) is 2. The number of nitrogens with one attached hydrogen (secondary N) is 1. The minimum Gasteiger partial charge on any atom is -0.379 e. The lowest BCUT2D eigenvalue weighted by Crippen LogP contribution is -2.20. The zero-order valence-corrected chi connectivity index (χ0v) is 11.5. The third-order valence-electron chi connectivity index (χ3n) is 3.78. The van der Waals surface area contributed by atoms with Gasteiger partial charge in [0.1, 0.15) is 5.82 Å². The van der Waals surface area contributed by atoms with Crippen LogP contribution in [0.3, 0.4) is 0 Å². The lowest BCUT2D eigenvalue weighted by atomic mass is 10.1. The van der Waals surface area contributed by atoms with E-state index < -0.39 is 0 Å². The fourth-order valence-corrected chi connectivity index (χ4v) is 2.72. The predicted octanol–water partition coefficient (Wildman–Crippen LogP) is 4.04. The lowest BCUT2D eigenvalue weighted by molar-refractivity contribution is 0.630. The van der Waals surface area contributed by atoms with Gasteiger partial charge in [0.05, 0.1) is 5.69 Å². The summed E-state index contributed by atoms with van der Waals surface area (Å²) < 4.78 is 13.6. The summed E-state index contributed by atoms with van der Waals surface area (Å²) in [5.41, 5.74) is 3.05. The van der Waals surface area contributed by atoms with Gasteiger partial charge in [0.15, 0.2) is 0 Å². The molecule has 0 aromatic heterocycles. The molecule has 0 amide bonds. The molecule has 2 aromatic carbocycles. The highest BCUT2D eigenvalue weighted by molar-refractivity contribution is 5.56. The Labute approximate surface area is 119 Å². The molecule has 104 valence electrons. The Bertz CT molecular complexity index is 577. The molecular formula is C17H19FN2. The van der Waals surface area contributed by atoms with Gasteiger partial charge in [0.2, 0.25) is 0 Å². The molecule has 2 aromatic rings. The van der Waals surface area contributed by atoms with Crippen molar-refractivity contribution in [2.75, 3.05) is 23.3 Å². The summed E-state index contributed by atoms with van der Waals surface area (Å²) in [6, 6.07) is 15.2. The third-order valence-corrected chi connectivity index (χ3v) is 3.78. The highest BCUT2D eigenvalue weighted by atomic mass is 19.1. The molecule has 0 saturated carbocycles. The summed E-state index contributed by atoms with van der Waals surface area (Å²) in [6.45, 7) is 2.89. The second-order valence-electron chi connectivity index (χ2n) is 5.16. The fourth-order valence-electron chi connectivity index (χ4n) is 2.72. The first-order chi connectivity index (χ1) is 9.84. The number of anilines is 2. The van der Waals surface area contributed by atoms with E-state index in [2.05, 4.69) is 28.4 Å². The summed E-state index contributed by atoms with van der Waals surface area (Å²) in [7, 11) is 0. The van der Waals surface area contributed by atoms with Crippen LogP contribution in [0.15, 0.2) is 48.5 Å². The van der Waals surface area contributed by atoms with Crippen molar-refractivity contribution in [3.05, 3.63) is 59.9 Å². The molecule has 1 heterocycles. The predicted molar refractivity (Wildman–Crippen MR) is 81.6 cm³/mol. The molecule has 0 spiro atoms. The van der Waals surface area contributed by atoms with Crippen LogP contribution in [0.2, 0.25) is 0 Å². The van der Waals surface area contributed by atoms with Gasteiger partial charge < -0.3 is 10.2 Å². The molecule has 0 unspecified atom stereocenters. The van der Waals surface area contributed by atoms with Crippen LogP contribution in [0.5, 0.6) is 0 Å². The maximum absolute atomic E-state index is 13.6. The minimum atomic E-state index is -0.203. The monoisotopic (exact) mass is 270 g/mol. The Morgan fingerprint density at radius 2 is 1.65 bits per heavy atom. The smallest absolute Gasteiger partial charge is 0.146 e. The van der Waals surface area contributed by atoms with Crippen molar-refractivity contribution >= 4 is 11.4 Å². The Morgan fingerprint density at radius 3 is 2.45 bits per heavy atom. The quantitative estimate of drug-likeness (QED) is 0.902. The number of nitrogens with zero attached hydrogens (tertiary/aromatic N) is 1. The SMILES string of the molecule is Fc1ccccc1NCc1ccccc1N1CCCC1. The Hall–Kier alpha value is -2.03. The van der Waals surface area contributed by atoms with E-state index in [-0.39, 0.29) is 5.82 Å².